The first-order valence-corrected chi connectivity index (χ1v) is 6.00. The first-order chi connectivity index (χ1) is 9.51. The van der Waals surface area contributed by atoms with Gasteiger partial charge in [-0.1, -0.05) is 6.07 Å². The molecular weight excluding hydrogens is 258 g/mol. The molecule has 0 saturated carbocycles. The molecule has 20 heavy (non-hydrogen) atoms. The second-order valence-corrected chi connectivity index (χ2v) is 4.38. The molecule has 0 unspecified atom stereocenters. The summed E-state index contributed by atoms with van der Waals surface area (Å²) in [6.07, 6.45) is 3.10. The van der Waals surface area contributed by atoms with Crippen molar-refractivity contribution in [2.24, 2.45) is 7.05 Å². The smallest absolute Gasteiger partial charge is 0.337 e. The van der Waals surface area contributed by atoms with Gasteiger partial charge in [0.25, 0.3) is 5.91 Å². The van der Waals surface area contributed by atoms with Crippen LogP contribution in [0.15, 0.2) is 30.6 Å². The number of nitrogens with one attached hydrogen (secondary N) is 1. The van der Waals surface area contributed by atoms with Gasteiger partial charge in [0.15, 0.2) is 0 Å². The number of aromatic nitrogens is 2. The van der Waals surface area contributed by atoms with E-state index in [1.807, 2.05) is 6.92 Å². The average Bonchev–Trinajstić information content (AvgIpc) is 2.87. The number of methoxy groups -OCH3 is 1. The number of esters is 1. The number of carbonyl (C=O) groups is 2. The molecule has 104 valence electrons. The standard InChI is InChI=1S/C14H15N3O3/c1-9-4-5-10(14(19)20-3)6-12(9)16-13(18)11-7-15-17(2)8-11/h4-8H,1-3H3,(H,16,18). The van der Waals surface area contributed by atoms with Crippen molar-refractivity contribution in [2.75, 3.05) is 12.4 Å². The van der Waals surface area contributed by atoms with Gasteiger partial charge in [-0.2, -0.15) is 5.10 Å². The molecule has 0 fully saturated rings. The fourth-order valence-corrected chi connectivity index (χ4v) is 1.73. The lowest BCUT2D eigenvalue weighted by Crippen LogP contribution is -2.13. The molecule has 1 N–H and O–H groups in total. The predicted octanol–water partition coefficient (Wildman–Crippen LogP) is 1.77. The third kappa shape index (κ3) is 2.85. The van der Waals surface area contributed by atoms with Crippen molar-refractivity contribution in [1.82, 2.24) is 9.78 Å². The summed E-state index contributed by atoms with van der Waals surface area (Å²) in [6, 6.07) is 5.00. The third-order valence-corrected chi connectivity index (χ3v) is 2.87. The summed E-state index contributed by atoms with van der Waals surface area (Å²) in [7, 11) is 3.05. The van der Waals surface area contributed by atoms with Crippen LogP contribution in [0.5, 0.6) is 0 Å². The zero-order valence-corrected chi connectivity index (χ0v) is 11.5. The Kier molecular flexibility index (Phi) is 3.84. The molecule has 2 rings (SSSR count). The number of ether oxygens (including phenoxy) is 1. The summed E-state index contributed by atoms with van der Waals surface area (Å²) < 4.78 is 6.21. The van der Waals surface area contributed by atoms with Crippen molar-refractivity contribution in [1.29, 1.82) is 0 Å². The second kappa shape index (κ2) is 5.56. The summed E-state index contributed by atoms with van der Waals surface area (Å²) in [4.78, 5) is 23.5. The van der Waals surface area contributed by atoms with Crippen LogP contribution in [0, 0.1) is 6.92 Å². The maximum atomic E-state index is 12.0. The molecule has 0 aliphatic heterocycles. The Morgan fingerprint density at radius 2 is 2.05 bits per heavy atom. The van der Waals surface area contributed by atoms with Gasteiger partial charge < -0.3 is 10.1 Å². The Hall–Kier alpha value is -2.63. The largest absolute Gasteiger partial charge is 0.465 e. The van der Waals surface area contributed by atoms with Gasteiger partial charge in [0.1, 0.15) is 0 Å². The van der Waals surface area contributed by atoms with Gasteiger partial charge in [0.2, 0.25) is 0 Å². The minimum atomic E-state index is -0.443. The number of hydrogen-bond donors (Lipinski definition) is 1. The van der Waals surface area contributed by atoms with Gasteiger partial charge in [-0.15, -0.1) is 0 Å². The maximum Gasteiger partial charge on any atom is 0.337 e. The first kappa shape index (κ1) is 13.8. The van der Waals surface area contributed by atoms with Crippen LogP contribution < -0.4 is 5.32 Å². The van der Waals surface area contributed by atoms with Crippen molar-refractivity contribution in [2.45, 2.75) is 6.92 Å². The monoisotopic (exact) mass is 273 g/mol. The van der Waals surface area contributed by atoms with Gasteiger partial charge >= 0.3 is 5.97 Å². The van der Waals surface area contributed by atoms with Gasteiger partial charge in [-0.25, -0.2) is 4.79 Å². The summed E-state index contributed by atoms with van der Waals surface area (Å²) in [5, 5.41) is 6.70. The van der Waals surface area contributed by atoms with E-state index in [1.54, 1.807) is 36.1 Å². The lowest BCUT2D eigenvalue weighted by molar-refractivity contribution is 0.0600. The molecule has 0 aliphatic rings. The highest BCUT2D eigenvalue weighted by molar-refractivity contribution is 6.05. The van der Waals surface area contributed by atoms with E-state index >= 15 is 0 Å². The molecular formula is C14H15N3O3. The summed E-state index contributed by atoms with van der Waals surface area (Å²) >= 11 is 0. The highest BCUT2D eigenvalue weighted by Gasteiger charge is 2.12. The normalized spacial score (nSPS) is 10.2. The van der Waals surface area contributed by atoms with Crippen LogP contribution in [0.2, 0.25) is 0 Å². The number of hydrogen-bond acceptors (Lipinski definition) is 4. The number of nitrogens with zero attached hydrogens (tertiary/aromatic N) is 2. The average molecular weight is 273 g/mol. The molecule has 2 aromatic rings. The van der Waals surface area contributed by atoms with E-state index in [-0.39, 0.29) is 5.91 Å². The fraction of sp³-hybridized carbons (Fsp3) is 0.214. The zero-order chi connectivity index (χ0) is 14.7. The number of carbonyl (C=O) groups excluding carboxylic acids is 2. The van der Waals surface area contributed by atoms with E-state index < -0.39 is 5.97 Å². The lowest BCUT2D eigenvalue weighted by Gasteiger charge is -2.09. The molecule has 0 saturated heterocycles. The Morgan fingerprint density at radius 3 is 2.65 bits per heavy atom. The zero-order valence-electron chi connectivity index (χ0n) is 11.5. The maximum absolute atomic E-state index is 12.0. The summed E-state index contributed by atoms with van der Waals surface area (Å²) in [5.41, 5.74) is 2.27. The molecule has 6 nitrogen and oxygen atoms in total. The number of benzene rings is 1. The molecule has 0 atom stereocenters. The second-order valence-electron chi connectivity index (χ2n) is 4.38. The predicted molar refractivity (Wildman–Crippen MR) is 73.7 cm³/mol. The SMILES string of the molecule is COC(=O)c1ccc(C)c(NC(=O)c2cnn(C)c2)c1. The van der Waals surface area contributed by atoms with Crippen LogP contribution in [0.3, 0.4) is 0 Å². The van der Waals surface area contributed by atoms with Crippen LogP contribution in [-0.4, -0.2) is 28.8 Å². The van der Waals surface area contributed by atoms with E-state index in [2.05, 4.69) is 15.2 Å². The first-order valence-electron chi connectivity index (χ1n) is 6.00. The number of amides is 1. The molecule has 0 aliphatic carbocycles. The highest BCUT2D eigenvalue weighted by atomic mass is 16.5. The molecule has 1 heterocycles. The summed E-state index contributed by atoms with van der Waals surface area (Å²) in [6.45, 7) is 1.85. The Labute approximate surface area is 116 Å². The van der Waals surface area contributed by atoms with Crippen molar-refractivity contribution in [3.63, 3.8) is 0 Å². The quantitative estimate of drug-likeness (QED) is 0.865. The topological polar surface area (TPSA) is 73.2 Å². The van der Waals surface area contributed by atoms with Crippen LogP contribution in [0.25, 0.3) is 0 Å². The van der Waals surface area contributed by atoms with Crippen molar-refractivity contribution < 1.29 is 14.3 Å². The van der Waals surface area contributed by atoms with Crippen molar-refractivity contribution in [3.8, 4) is 0 Å². The summed E-state index contributed by atoms with van der Waals surface area (Å²) in [5.74, 6) is -0.718. The Bertz CT molecular complexity index is 661. The number of aryl methyl sites for hydroxylation is 2. The fourth-order valence-electron chi connectivity index (χ4n) is 1.73. The van der Waals surface area contributed by atoms with Crippen LogP contribution in [-0.2, 0) is 11.8 Å². The van der Waals surface area contributed by atoms with Crippen LogP contribution >= 0.6 is 0 Å². The van der Waals surface area contributed by atoms with Gasteiger partial charge in [0.05, 0.1) is 24.4 Å². The van der Waals surface area contributed by atoms with E-state index in [0.29, 0.717) is 16.8 Å². The van der Waals surface area contributed by atoms with E-state index in [9.17, 15) is 9.59 Å². The minimum Gasteiger partial charge on any atom is -0.465 e. The van der Waals surface area contributed by atoms with Gasteiger partial charge in [0, 0.05) is 18.9 Å². The van der Waals surface area contributed by atoms with E-state index in [1.165, 1.54) is 13.3 Å². The van der Waals surface area contributed by atoms with Crippen molar-refractivity contribution >= 4 is 17.6 Å². The molecule has 1 aromatic carbocycles. The lowest BCUT2D eigenvalue weighted by atomic mass is 10.1. The number of anilines is 1. The highest BCUT2D eigenvalue weighted by Crippen LogP contribution is 2.18. The number of rotatable bonds is 3. The van der Waals surface area contributed by atoms with E-state index in [4.69, 9.17) is 0 Å². The molecule has 0 radical (unpaired) electrons. The Balaban J connectivity index is 2.24. The van der Waals surface area contributed by atoms with Gasteiger partial charge in [-0.3, -0.25) is 9.48 Å². The van der Waals surface area contributed by atoms with E-state index in [0.717, 1.165) is 5.56 Å². The molecule has 0 bridgehead atoms. The molecule has 1 amide bonds. The molecule has 6 heteroatoms. The molecule has 1 aromatic heterocycles. The van der Waals surface area contributed by atoms with Crippen LogP contribution in [0.1, 0.15) is 26.3 Å². The molecule has 0 spiro atoms. The minimum absolute atomic E-state index is 0.275. The Morgan fingerprint density at radius 1 is 1.30 bits per heavy atom. The van der Waals surface area contributed by atoms with Crippen molar-refractivity contribution in [3.05, 3.63) is 47.3 Å². The van der Waals surface area contributed by atoms with Gasteiger partial charge in [-0.05, 0) is 24.6 Å². The third-order valence-electron chi connectivity index (χ3n) is 2.87. The van der Waals surface area contributed by atoms with Crippen LogP contribution in [0.4, 0.5) is 5.69 Å².